The predicted molar refractivity (Wildman–Crippen MR) is 108 cm³/mol. The monoisotopic (exact) mass is 430 g/mol. The number of rotatable bonds is 7. The first kappa shape index (κ1) is 21.8. The molecule has 0 fully saturated rings. The van der Waals surface area contributed by atoms with Crippen LogP contribution in [0.1, 0.15) is 35.4 Å². The molecule has 0 bridgehead atoms. The molecule has 2 rings (SSSR count). The van der Waals surface area contributed by atoms with Gasteiger partial charge < -0.3 is 14.0 Å². The zero-order valence-corrected chi connectivity index (χ0v) is 17.9. The van der Waals surface area contributed by atoms with Crippen LogP contribution in [0.4, 0.5) is 0 Å². The minimum Gasteiger partial charge on any atom is -0.497 e. The topological polar surface area (TPSA) is 61.8 Å². The van der Waals surface area contributed by atoms with Crippen molar-refractivity contribution in [1.29, 1.82) is 0 Å². The predicted octanol–water partition coefficient (Wildman–Crippen LogP) is 5.49. The summed E-state index contributed by atoms with van der Waals surface area (Å²) in [7, 11) is -0.535. The molecule has 146 valence electrons. The van der Waals surface area contributed by atoms with Crippen LogP contribution in [-0.2, 0) is 13.8 Å². The van der Waals surface area contributed by atoms with Crippen molar-refractivity contribution in [2.75, 3.05) is 20.8 Å². The maximum atomic E-state index is 13.8. The second-order valence-electron chi connectivity index (χ2n) is 5.74. The molecular weight excluding hydrogens is 410 g/mol. The Morgan fingerprint density at radius 1 is 1.15 bits per heavy atom. The van der Waals surface area contributed by atoms with E-state index in [2.05, 4.69) is 0 Å². The molecule has 0 spiro atoms. The summed E-state index contributed by atoms with van der Waals surface area (Å²) in [5, 5.41) is 0.787. The number of benzene rings is 2. The molecule has 0 aliphatic rings. The summed E-state index contributed by atoms with van der Waals surface area (Å²) in [5.41, 5.74) is 0.118. The van der Waals surface area contributed by atoms with E-state index in [0.717, 1.165) is 0 Å². The second-order valence-corrected chi connectivity index (χ2v) is 9.30. The van der Waals surface area contributed by atoms with Gasteiger partial charge in [0.25, 0.3) is 0 Å². The average Bonchev–Trinajstić information content (AvgIpc) is 2.66. The van der Waals surface area contributed by atoms with E-state index in [4.69, 9.17) is 37.2 Å². The van der Waals surface area contributed by atoms with Crippen LogP contribution in [-0.4, -0.2) is 26.8 Å². The van der Waals surface area contributed by atoms with Gasteiger partial charge >= 0.3 is 5.97 Å². The van der Waals surface area contributed by atoms with Gasteiger partial charge in [0.2, 0.25) is 7.37 Å². The van der Waals surface area contributed by atoms with Gasteiger partial charge in [-0.3, -0.25) is 4.57 Å². The Morgan fingerprint density at radius 3 is 2.30 bits per heavy atom. The van der Waals surface area contributed by atoms with Crippen LogP contribution in [0.15, 0.2) is 36.4 Å². The summed E-state index contributed by atoms with van der Waals surface area (Å²) in [6.07, 6.45) is 0. The highest BCUT2D eigenvalue weighted by Crippen LogP contribution is 2.59. The number of methoxy groups -OCH3 is 2. The van der Waals surface area contributed by atoms with Crippen LogP contribution in [0, 0.1) is 0 Å². The van der Waals surface area contributed by atoms with Crippen molar-refractivity contribution in [3.05, 3.63) is 57.6 Å². The fourth-order valence-electron chi connectivity index (χ4n) is 2.73. The normalized spacial score (nSPS) is 14.3. The molecule has 2 aromatic carbocycles. The van der Waals surface area contributed by atoms with Crippen LogP contribution in [0.25, 0.3) is 0 Å². The molecule has 5 nitrogen and oxygen atoms in total. The lowest BCUT2D eigenvalue weighted by Gasteiger charge is -2.26. The Bertz CT molecular complexity index is 861. The minimum atomic E-state index is -3.32. The first-order valence-corrected chi connectivity index (χ1v) is 10.7. The quantitative estimate of drug-likeness (QED) is 0.429. The zero-order chi connectivity index (χ0) is 20.2. The molecule has 0 aliphatic heterocycles. The van der Waals surface area contributed by atoms with Crippen molar-refractivity contribution in [3.63, 3.8) is 0 Å². The number of hydrogen-bond acceptors (Lipinski definition) is 5. The summed E-state index contributed by atoms with van der Waals surface area (Å²) < 4.78 is 29.5. The van der Waals surface area contributed by atoms with E-state index in [1.165, 1.54) is 7.11 Å². The highest BCUT2D eigenvalue weighted by Gasteiger charge is 2.35. The van der Waals surface area contributed by atoms with E-state index >= 15 is 0 Å². The number of carbonyl (C=O) groups is 1. The van der Waals surface area contributed by atoms with Gasteiger partial charge in [0, 0.05) is 5.30 Å². The fraction of sp³-hybridized carbons (Fsp3) is 0.316. The molecule has 2 unspecified atom stereocenters. The first-order valence-electron chi connectivity index (χ1n) is 8.24. The van der Waals surface area contributed by atoms with E-state index < -0.39 is 19.0 Å². The summed E-state index contributed by atoms with van der Waals surface area (Å²) >= 11 is 12.5. The molecule has 0 N–H and O–H groups in total. The summed E-state index contributed by atoms with van der Waals surface area (Å²) in [4.78, 5) is 11.8. The third-order valence-corrected chi connectivity index (χ3v) is 7.73. The molecule has 0 heterocycles. The Morgan fingerprint density at radius 2 is 1.78 bits per heavy atom. The first-order chi connectivity index (χ1) is 12.8. The lowest BCUT2D eigenvalue weighted by molar-refractivity contribution is 0.0601. The lowest BCUT2D eigenvalue weighted by Crippen LogP contribution is -2.14. The van der Waals surface area contributed by atoms with Crippen LogP contribution in [0.3, 0.4) is 0 Å². The zero-order valence-electron chi connectivity index (χ0n) is 15.5. The number of esters is 1. The van der Waals surface area contributed by atoms with Crippen LogP contribution in [0.2, 0.25) is 10.0 Å². The summed E-state index contributed by atoms with van der Waals surface area (Å²) in [6.45, 7) is 3.82. The largest absolute Gasteiger partial charge is 0.497 e. The van der Waals surface area contributed by atoms with Crippen molar-refractivity contribution in [2.45, 2.75) is 19.5 Å². The van der Waals surface area contributed by atoms with Gasteiger partial charge in [-0.15, -0.1) is 0 Å². The molecule has 2 atom stereocenters. The molecule has 0 aliphatic carbocycles. The molecule has 8 heteroatoms. The number of carbonyl (C=O) groups excluding carboxylic acids is 1. The van der Waals surface area contributed by atoms with E-state index in [1.54, 1.807) is 57.4 Å². The maximum Gasteiger partial charge on any atom is 0.340 e. The van der Waals surface area contributed by atoms with Crippen LogP contribution >= 0.6 is 30.6 Å². The molecule has 0 radical (unpaired) electrons. The van der Waals surface area contributed by atoms with Crippen molar-refractivity contribution in [2.24, 2.45) is 0 Å². The third kappa shape index (κ3) is 4.49. The Hall–Kier alpha value is -1.52. The van der Waals surface area contributed by atoms with Crippen molar-refractivity contribution >= 4 is 41.8 Å². The minimum absolute atomic E-state index is 0.0735. The molecular formula is C19H21Cl2O5P. The van der Waals surface area contributed by atoms with Gasteiger partial charge in [-0.25, -0.2) is 4.79 Å². The summed E-state index contributed by atoms with van der Waals surface area (Å²) in [6, 6.07) is 10.1. The van der Waals surface area contributed by atoms with Crippen molar-refractivity contribution < 1.29 is 23.4 Å². The van der Waals surface area contributed by atoms with E-state index in [-0.39, 0.29) is 22.2 Å². The SMILES string of the molecule is CCOP(=O)(c1cccc(OC)c1)C(C)c1cc(Cl)c(C(=O)OC)c(Cl)c1. The molecule has 2 aromatic rings. The van der Waals surface area contributed by atoms with Gasteiger partial charge in [-0.05, 0) is 49.7 Å². The van der Waals surface area contributed by atoms with Gasteiger partial charge in [-0.1, -0.05) is 29.3 Å². The van der Waals surface area contributed by atoms with Crippen molar-refractivity contribution in [1.82, 2.24) is 0 Å². The molecule has 0 aromatic heterocycles. The third-order valence-electron chi connectivity index (χ3n) is 4.18. The van der Waals surface area contributed by atoms with E-state index in [9.17, 15) is 9.36 Å². The second kappa shape index (κ2) is 9.11. The number of ether oxygens (including phenoxy) is 2. The molecule has 27 heavy (non-hydrogen) atoms. The maximum absolute atomic E-state index is 13.8. The van der Waals surface area contributed by atoms with E-state index in [0.29, 0.717) is 16.6 Å². The lowest BCUT2D eigenvalue weighted by atomic mass is 10.1. The molecule has 0 saturated heterocycles. The van der Waals surface area contributed by atoms with Gasteiger partial charge in [-0.2, -0.15) is 0 Å². The summed E-state index contributed by atoms with van der Waals surface area (Å²) in [5.74, 6) is -0.0540. The van der Waals surface area contributed by atoms with Gasteiger partial charge in [0.1, 0.15) is 5.75 Å². The fourth-order valence-corrected chi connectivity index (χ4v) is 5.74. The van der Waals surface area contributed by atoms with E-state index in [1.807, 2.05) is 0 Å². The van der Waals surface area contributed by atoms with Crippen LogP contribution < -0.4 is 10.0 Å². The number of halogens is 2. The Balaban J connectivity index is 2.55. The van der Waals surface area contributed by atoms with Crippen molar-refractivity contribution in [3.8, 4) is 5.75 Å². The average molecular weight is 431 g/mol. The van der Waals surface area contributed by atoms with Gasteiger partial charge in [0.15, 0.2) is 0 Å². The highest BCUT2D eigenvalue weighted by atomic mass is 35.5. The smallest absolute Gasteiger partial charge is 0.340 e. The Kier molecular flexibility index (Phi) is 7.35. The molecule has 0 amide bonds. The number of hydrogen-bond donors (Lipinski definition) is 0. The van der Waals surface area contributed by atoms with Gasteiger partial charge in [0.05, 0.1) is 42.1 Å². The molecule has 0 saturated carbocycles. The van der Waals surface area contributed by atoms with Crippen LogP contribution in [0.5, 0.6) is 5.75 Å². The standard InChI is InChI=1S/C19H21Cl2O5P/c1-5-26-27(23,15-8-6-7-14(11-15)24-3)12(2)13-9-16(20)18(17(21)10-13)19(22)25-4/h6-12H,5H2,1-4H3. The Labute approximate surface area is 169 Å². The highest BCUT2D eigenvalue weighted by molar-refractivity contribution is 7.67.